The van der Waals surface area contributed by atoms with Gasteiger partial charge in [-0.2, -0.15) is 0 Å². The van der Waals surface area contributed by atoms with Crippen molar-refractivity contribution in [2.45, 2.75) is 70.9 Å². The van der Waals surface area contributed by atoms with Crippen molar-refractivity contribution < 1.29 is 37.3 Å². The van der Waals surface area contributed by atoms with E-state index in [1.807, 2.05) is 121 Å². The van der Waals surface area contributed by atoms with Crippen molar-refractivity contribution >= 4 is 7.75 Å². The Bertz CT molecular complexity index is 1490. The van der Waals surface area contributed by atoms with E-state index in [0.717, 1.165) is 22.3 Å². The molecule has 5 atom stereocenters. The summed E-state index contributed by atoms with van der Waals surface area (Å²) in [4.78, 5) is 0. The first-order chi connectivity index (χ1) is 23.6. The minimum absolute atomic E-state index is 0.145. The zero-order valence-electron chi connectivity index (χ0n) is 27.6. The van der Waals surface area contributed by atoms with Gasteiger partial charge in [-0.05, 0) is 36.1 Å². The first kappa shape index (κ1) is 36.1. The number of rotatable bonds is 19. The van der Waals surface area contributed by atoms with Crippen LogP contribution in [0.1, 0.15) is 36.1 Å². The summed E-state index contributed by atoms with van der Waals surface area (Å²) >= 11 is 0. The highest BCUT2D eigenvalue weighted by Crippen LogP contribution is 2.46. The molecule has 9 nitrogen and oxygen atoms in total. The van der Waals surface area contributed by atoms with Crippen LogP contribution in [0.4, 0.5) is 0 Å². The van der Waals surface area contributed by atoms with Gasteiger partial charge in [-0.1, -0.05) is 121 Å². The molecule has 1 heterocycles. The fourth-order valence-corrected chi connectivity index (χ4v) is 7.08. The van der Waals surface area contributed by atoms with Gasteiger partial charge in [-0.15, -0.1) is 0 Å². The molecule has 4 aromatic rings. The van der Waals surface area contributed by atoms with Crippen LogP contribution < -0.4 is 5.09 Å². The molecule has 1 N–H and O–H groups in total. The summed E-state index contributed by atoms with van der Waals surface area (Å²) in [6.07, 6.45) is -2.99. The first-order valence-electron chi connectivity index (χ1n) is 16.5. The van der Waals surface area contributed by atoms with Crippen LogP contribution >= 0.6 is 7.75 Å². The van der Waals surface area contributed by atoms with Crippen molar-refractivity contribution in [2.24, 2.45) is 0 Å². The van der Waals surface area contributed by atoms with Gasteiger partial charge < -0.3 is 23.7 Å². The van der Waals surface area contributed by atoms with Crippen molar-refractivity contribution in [3.05, 3.63) is 144 Å². The van der Waals surface area contributed by atoms with Crippen molar-refractivity contribution in [2.75, 3.05) is 19.8 Å². The molecular formula is C38H46NO8P. The maximum absolute atomic E-state index is 14.0. The molecule has 0 amide bonds. The second-order valence-electron chi connectivity index (χ2n) is 11.4. The molecule has 0 spiro atoms. The number of nitrogens with one attached hydrogen (secondary N) is 1. The highest BCUT2D eigenvalue weighted by Gasteiger charge is 2.50. The molecule has 48 heavy (non-hydrogen) atoms. The summed E-state index contributed by atoms with van der Waals surface area (Å²) < 4.78 is 58.2. The van der Waals surface area contributed by atoms with Gasteiger partial charge in [-0.25, -0.2) is 9.65 Å². The van der Waals surface area contributed by atoms with Crippen molar-refractivity contribution in [3.63, 3.8) is 0 Å². The van der Waals surface area contributed by atoms with Gasteiger partial charge in [-0.3, -0.25) is 9.05 Å². The van der Waals surface area contributed by atoms with E-state index in [-0.39, 0.29) is 39.6 Å². The quantitative estimate of drug-likeness (QED) is 0.102. The van der Waals surface area contributed by atoms with E-state index in [1.54, 1.807) is 13.8 Å². The fraction of sp³-hybridized carbons (Fsp3) is 0.368. The first-order valence-corrected chi connectivity index (χ1v) is 18.0. The Morgan fingerprint density at radius 1 is 0.583 bits per heavy atom. The van der Waals surface area contributed by atoms with Crippen LogP contribution in [0.3, 0.4) is 0 Å². The highest BCUT2D eigenvalue weighted by atomic mass is 31.2. The van der Waals surface area contributed by atoms with E-state index in [2.05, 4.69) is 5.09 Å². The van der Waals surface area contributed by atoms with E-state index in [0.29, 0.717) is 6.61 Å². The molecular weight excluding hydrogens is 629 g/mol. The van der Waals surface area contributed by atoms with E-state index in [9.17, 15) is 4.57 Å². The van der Waals surface area contributed by atoms with E-state index in [1.165, 1.54) is 0 Å². The lowest BCUT2D eigenvalue weighted by Crippen LogP contribution is -2.65. The van der Waals surface area contributed by atoms with E-state index < -0.39 is 38.4 Å². The summed E-state index contributed by atoms with van der Waals surface area (Å²) in [7, 11) is -3.80. The predicted octanol–water partition coefficient (Wildman–Crippen LogP) is 7.46. The maximum Gasteiger partial charge on any atom is 0.405 e. The molecule has 0 saturated carbocycles. The SMILES string of the molecule is CCOP(=O)(N[C@H]1[C@H](OCc2ccccc2)[C@@H](OCc2ccccc2)[C@H](OCc2ccccc2)O[C@@H]1COCc1ccccc1)OCC. The second kappa shape index (κ2) is 19.1. The lowest BCUT2D eigenvalue weighted by atomic mass is 9.96. The third kappa shape index (κ3) is 10.9. The van der Waals surface area contributed by atoms with Crippen molar-refractivity contribution in [1.82, 2.24) is 5.09 Å². The van der Waals surface area contributed by atoms with Crippen molar-refractivity contribution in [1.29, 1.82) is 0 Å². The average Bonchev–Trinajstić information content (AvgIpc) is 3.12. The summed E-state index contributed by atoms with van der Waals surface area (Å²) in [6, 6.07) is 38.8. The number of hydrogen-bond acceptors (Lipinski definition) is 8. The number of ether oxygens (including phenoxy) is 5. The van der Waals surface area contributed by atoms with E-state index >= 15 is 0 Å². The third-order valence-corrected chi connectivity index (χ3v) is 9.59. The molecule has 1 aliphatic rings. The van der Waals surface area contributed by atoms with Crippen molar-refractivity contribution in [3.8, 4) is 0 Å². The molecule has 0 unspecified atom stereocenters. The Kier molecular flexibility index (Phi) is 14.4. The van der Waals surface area contributed by atoms with Crippen LogP contribution in [-0.4, -0.2) is 50.5 Å². The molecule has 4 aromatic carbocycles. The number of benzene rings is 4. The Hall–Kier alpha value is -3.21. The molecule has 0 bridgehead atoms. The molecule has 5 rings (SSSR count). The average molecular weight is 676 g/mol. The molecule has 1 aliphatic heterocycles. The Labute approximate surface area is 284 Å². The zero-order valence-corrected chi connectivity index (χ0v) is 28.5. The lowest BCUT2D eigenvalue weighted by Gasteiger charge is -2.46. The molecule has 1 saturated heterocycles. The maximum atomic E-state index is 14.0. The summed E-state index contributed by atoms with van der Waals surface area (Å²) in [5.74, 6) is 0. The minimum Gasteiger partial charge on any atom is -0.374 e. The van der Waals surface area contributed by atoms with Gasteiger partial charge >= 0.3 is 7.75 Å². The topological polar surface area (TPSA) is 93.7 Å². The lowest BCUT2D eigenvalue weighted by molar-refractivity contribution is -0.303. The van der Waals surface area contributed by atoms with Gasteiger partial charge in [0.25, 0.3) is 0 Å². The molecule has 0 aliphatic carbocycles. The molecule has 0 aromatic heterocycles. The molecule has 1 fully saturated rings. The van der Waals surface area contributed by atoms with Crippen LogP contribution in [0.15, 0.2) is 121 Å². The minimum atomic E-state index is -3.80. The Morgan fingerprint density at radius 2 is 1.00 bits per heavy atom. The smallest absolute Gasteiger partial charge is 0.374 e. The predicted molar refractivity (Wildman–Crippen MR) is 184 cm³/mol. The molecule has 256 valence electrons. The number of hydrogen-bond donors (Lipinski definition) is 1. The van der Waals surface area contributed by atoms with Crippen LogP contribution in [0.25, 0.3) is 0 Å². The van der Waals surface area contributed by atoms with Gasteiger partial charge in [0.05, 0.1) is 52.3 Å². The summed E-state index contributed by atoms with van der Waals surface area (Å²) in [5, 5.41) is 3.19. The Balaban J connectivity index is 1.49. The van der Waals surface area contributed by atoms with Gasteiger partial charge in [0.15, 0.2) is 6.29 Å². The highest BCUT2D eigenvalue weighted by molar-refractivity contribution is 7.51. The standard InChI is InChI=1S/C38H46NO8P/c1-3-45-48(40,46-4-2)39-35-34(29-41-25-30-17-9-5-10-18-30)47-38(44-28-33-23-15-8-16-24-33)37(43-27-32-21-13-7-14-22-32)36(35)42-26-31-19-11-6-12-20-31/h5-24,34-38H,3-4,25-29H2,1-2H3,(H,39,40)/t34-,35-,36+,37-,38-/m1/s1. The second-order valence-corrected chi connectivity index (χ2v) is 13.1. The normalized spacial score (nSPS) is 21.2. The zero-order chi connectivity index (χ0) is 33.4. The Morgan fingerprint density at radius 3 is 1.46 bits per heavy atom. The third-order valence-electron chi connectivity index (χ3n) is 7.78. The summed E-state index contributed by atoms with van der Waals surface area (Å²) in [6.45, 7) is 5.25. The van der Waals surface area contributed by atoms with Gasteiger partial charge in [0, 0.05) is 0 Å². The van der Waals surface area contributed by atoms with E-state index in [4.69, 9.17) is 32.7 Å². The summed E-state index contributed by atoms with van der Waals surface area (Å²) in [5.41, 5.74) is 3.96. The van der Waals surface area contributed by atoms with Crippen LogP contribution in [-0.2, 0) is 63.7 Å². The van der Waals surface area contributed by atoms with Gasteiger partial charge in [0.1, 0.15) is 18.3 Å². The monoisotopic (exact) mass is 675 g/mol. The van der Waals surface area contributed by atoms with Crippen LogP contribution in [0.5, 0.6) is 0 Å². The molecule has 10 heteroatoms. The van der Waals surface area contributed by atoms with Crippen LogP contribution in [0.2, 0.25) is 0 Å². The molecule has 0 radical (unpaired) electrons. The fourth-order valence-electron chi connectivity index (χ4n) is 5.50. The largest absolute Gasteiger partial charge is 0.405 e. The van der Waals surface area contributed by atoms with Crippen LogP contribution in [0, 0.1) is 0 Å². The van der Waals surface area contributed by atoms with Gasteiger partial charge in [0.2, 0.25) is 0 Å².